The first-order chi connectivity index (χ1) is 8.17. The first-order valence-electron chi connectivity index (χ1n) is 5.47. The van der Waals surface area contributed by atoms with Crippen molar-refractivity contribution in [1.82, 2.24) is 10.3 Å². The van der Waals surface area contributed by atoms with E-state index in [1.807, 2.05) is 6.08 Å². The molecule has 2 aliphatic rings. The van der Waals surface area contributed by atoms with Gasteiger partial charge in [0, 0.05) is 11.6 Å². The zero-order valence-corrected chi connectivity index (χ0v) is 9.84. The Bertz CT molecular complexity index is 509. The number of carbonyl (C=O) groups excluding carboxylic acids is 1. The summed E-state index contributed by atoms with van der Waals surface area (Å²) < 4.78 is 13.9. The lowest BCUT2D eigenvalue weighted by atomic mass is 9.68. The molecule has 1 N–H and O–H groups in total. The molecule has 17 heavy (non-hydrogen) atoms. The number of nitrogens with one attached hydrogen (secondary N) is 1. The summed E-state index contributed by atoms with van der Waals surface area (Å²) in [6.45, 7) is 0. The van der Waals surface area contributed by atoms with Crippen molar-refractivity contribution in [3.05, 3.63) is 40.5 Å². The SMILES string of the molecule is O=C(NC1=CC2CCC2(F)C=C1)c1cncs1. The van der Waals surface area contributed by atoms with Gasteiger partial charge in [-0.15, -0.1) is 11.3 Å². The maximum Gasteiger partial charge on any atom is 0.267 e. The van der Waals surface area contributed by atoms with E-state index in [4.69, 9.17) is 0 Å². The Labute approximate surface area is 102 Å². The molecule has 1 aromatic heterocycles. The Hall–Kier alpha value is -1.49. The van der Waals surface area contributed by atoms with Crippen molar-refractivity contribution < 1.29 is 9.18 Å². The zero-order chi connectivity index (χ0) is 11.9. The molecule has 2 atom stereocenters. The van der Waals surface area contributed by atoms with Gasteiger partial charge in [0.1, 0.15) is 10.5 Å². The van der Waals surface area contributed by atoms with Crippen LogP contribution in [0.15, 0.2) is 35.6 Å². The summed E-state index contributed by atoms with van der Waals surface area (Å²) in [6.07, 6.45) is 7.97. The third-order valence-corrected chi connectivity index (χ3v) is 4.06. The number of alkyl halides is 1. The summed E-state index contributed by atoms with van der Waals surface area (Å²) in [4.78, 5) is 16.2. The van der Waals surface area contributed by atoms with E-state index in [9.17, 15) is 9.18 Å². The second-order valence-electron chi connectivity index (χ2n) is 4.35. The molecule has 0 aliphatic heterocycles. The molecule has 0 aromatic carbocycles. The number of carbonyl (C=O) groups is 1. The number of allylic oxidation sites excluding steroid dienone is 3. The number of hydrogen-bond donors (Lipinski definition) is 1. The highest BCUT2D eigenvalue weighted by Gasteiger charge is 2.45. The van der Waals surface area contributed by atoms with Gasteiger partial charge in [-0.05, 0) is 25.0 Å². The third-order valence-electron chi connectivity index (χ3n) is 3.29. The molecule has 0 radical (unpaired) electrons. The van der Waals surface area contributed by atoms with Gasteiger partial charge in [0.2, 0.25) is 0 Å². The van der Waals surface area contributed by atoms with E-state index in [0.717, 1.165) is 6.42 Å². The highest BCUT2D eigenvalue weighted by atomic mass is 32.1. The quantitative estimate of drug-likeness (QED) is 0.876. The van der Waals surface area contributed by atoms with E-state index in [0.29, 0.717) is 17.0 Å². The summed E-state index contributed by atoms with van der Waals surface area (Å²) in [5.74, 6) is -0.265. The minimum Gasteiger partial charge on any atom is -0.322 e. The second-order valence-corrected chi connectivity index (χ2v) is 5.23. The molecule has 0 spiro atoms. The van der Waals surface area contributed by atoms with Gasteiger partial charge in [0.05, 0.1) is 11.7 Å². The average Bonchev–Trinajstić information content (AvgIpc) is 2.82. The topological polar surface area (TPSA) is 42.0 Å². The number of fused-ring (bicyclic) bond motifs is 1. The maximum atomic E-state index is 13.9. The van der Waals surface area contributed by atoms with Crippen LogP contribution in [0.25, 0.3) is 0 Å². The molecule has 2 unspecified atom stereocenters. The molecule has 2 aliphatic carbocycles. The molecule has 0 saturated heterocycles. The lowest BCUT2D eigenvalue weighted by Gasteiger charge is -2.41. The minimum absolute atomic E-state index is 0.0794. The van der Waals surface area contributed by atoms with Crippen molar-refractivity contribution in [2.45, 2.75) is 18.5 Å². The molecule has 88 valence electrons. The Morgan fingerprint density at radius 1 is 1.65 bits per heavy atom. The fraction of sp³-hybridized carbons (Fsp3) is 0.333. The Balaban J connectivity index is 1.71. The zero-order valence-electron chi connectivity index (χ0n) is 9.02. The van der Waals surface area contributed by atoms with Crippen LogP contribution < -0.4 is 5.32 Å². The lowest BCUT2D eigenvalue weighted by Crippen LogP contribution is -2.42. The predicted octanol–water partition coefficient (Wildman–Crippen LogP) is 2.44. The van der Waals surface area contributed by atoms with Gasteiger partial charge in [0.25, 0.3) is 5.91 Å². The molecule has 1 aromatic rings. The van der Waals surface area contributed by atoms with Gasteiger partial charge in [-0.1, -0.05) is 6.08 Å². The number of aromatic nitrogens is 1. The van der Waals surface area contributed by atoms with Crippen LogP contribution in [-0.4, -0.2) is 16.6 Å². The molecular formula is C12H11FN2OS. The summed E-state index contributed by atoms with van der Waals surface area (Å²) in [6, 6.07) is 0. The number of thiazole rings is 1. The number of rotatable bonds is 2. The molecule has 5 heteroatoms. The number of amides is 1. The summed E-state index contributed by atoms with van der Waals surface area (Å²) >= 11 is 1.29. The van der Waals surface area contributed by atoms with E-state index in [1.54, 1.807) is 17.7 Å². The highest BCUT2D eigenvalue weighted by Crippen LogP contribution is 2.46. The van der Waals surface area contributed by atoms with E-state index in [2.05, 4.69) is 10.3 Å². The van der Waals surface area contributed by atoms with Crippen molar-refractivity contribution in [2.24, 2.45) is 5.92 Å². The molecule has 1 saturated carbocycles. The van der Waals surface area contributed by atoms with E-state index < -0.39 is 5.67 Å². The molecule has 0 bridgehead atoms. The maximum absolute atomic E-state index is 13.9. The normalized spacial score (nSPS) is 30.2. The van der Waals surface area contributed by atoms with Crippen LogP contribution in [0, 0.1) is 5.92 Å². The van der Waals surface area contributed by atoms with Crippen LogP contribution in [0.4, 0.5) is 4.39 Å². The molecule has 3 rings (SSSR count). The van der Waals surface area contributed by atoms with Gasteiger partial charge >= 0.3 is 0 Å². The molecular weight excluding hydrogens is 239 g/mol. The van der Waals surface area contributed by atoms with Crippen LogP contribution in [0.2, 0.25) is 0 Å². The molecule has 1 heterocycles. The summed E-state index contributed by atoms with van der Waals surface area (Å²) in [5, 5.41) is 2.76. The summed E-state index contributed by atoms with van der Waals surface area (Å²) in [7, 11) is 0. The van der Waals surface area contributed by atoms with Gasteiger partial charge in [-0.3, -0.25) is 9.78 Å². The molecule has 3 nitrogen and oxygen atoms in total. The fourth-order valence-corrected chi connectivity index (χ4v) is 2.64. The van der Waals surface area contributed by atoms with Gasteiger partial charge in [-0.25, -0.2) is 4.39 Å². The van der Waals surface area contributed by atoms with Crippen LogP contribution >= 0.6 is 11.3 Å². The van der Waals surface area contributed by atoms with Crippen LogP contribution in [0.3, 0.4) is 0 Å². The smallest absolute Gasteiger partial charge is 0.267 e. The number of halogens is 1. The second kappa shape index (κ2) is 3.77. The standard InChI is InChI=1S/C12H11FN2OS/c13-12-3-1-8(12)5-9(2-4-12)15-11(16)10-6-14-7-17-10/h2,4-8H,1,3H2,(H,15,16). The molecule has 1 amide bonds. The summed E-state index contributed by atoms with van der Waals surface area (Å²) in [5.41, 5.74) is 1.12. The van der Waals surface area contributed by atoms with E-state index in [1.165, 1.54) is 17.5 Å². The Morgan fingerprint density at radius 3 is 3.12 bits per heavy atom. The van der Waals surface area contributed by atoms with Crippen molar-refractivity contribution in [1.29, 1.82) is 0 Å². The van der Waals surface area contributed by atoms with E-state index in [-0.39, 0.29) is 11.8 Å². The monoisotopic (exact) mass is 250 g/mol. The third kappa shape index (κ3) is 1.80. The van der Waals surface area contributed by atoms with Crippen LogP contribution in [-0.2, 0) is 0 Å². The first kappa shape index (κ1) is 10.7. The van der Waals surface area contributed by atoms with Gasteiger partial charge in [0.15, 0.2) is 0 Å². The van der Waals surface area contributed by atoms with Crippen molar-refractivity contribution >= 4 is 17.2 Å². The van der Waals surface area contributed by atoms with E-state index >= 15 is 0 Å². The number of hydrogen-bond acceptors (Lipinski definition) is 3. The van der Waals surface area contributed by atoms with Crippen molar-refractivity contribution in [2.75, 3.05) is 0 Å². The minimum atomic E-state index is -1.17. The predicted molar refractivity (Wildman–Crippen MR) is 63.4 cm³/mol. The largest absolute Gasteiger partial charge is 0.322 e. The Kier molecular flexibility index (Phi) is 2.36. The average molecular weight is 250 g/mol. The van der Waals surface area contributed by atoms with Crippen molar-refractivity contribution in [3.63, 3.8) is 0 Å². The van der Waals surface area contributed by atoms with Crippen molar-refractivity contribution in [3.8, 4) is 0 Å². The van der Waals surface area contributed by atoms with Gasteiger partial charge < -0.3 is 5.32 Å². The Morgan fingerprint density at radius 2 is 2.53 bits per heavy atom. The molecule has 1 fully saturated rings. The van der Waals surface area contributed by atoms with Crippen LogP contribution in [0.5, 0.6) is 0 Å². The fourth-order valence-electron chi connectivity index (χ4n) is 2.12. The number of nitrogens with zero attached hydrogens (tertiary/aromatic N) is 1. The highest BCUT2D eigenvalue weighted by molar-refractivity contribution is 7.11. The van der Waals surface area contributed by atoms with Crippen LogP contribution in [0.1, 0.15) is 22.5 Å². The van der Waals surface area contributed by atoms with Gasteiger partial charge in [-0.2, -0.15) is 0 Å². The first-order valence-corrected chi connectivity index (χ1v) is 6.35. The lowest BCUT2D eigenvalue weighted by molar-refractivity contribution is 0.0601.